The van der Waals surface area contributed by atoms with E-state index < -0.39 is 0 Å². The first kappa shape index (κ1) is 14.2. The van der Waals surface area contributed by atoms with Crippen LogP contribution in [0.15, 0.2) is 6.20 Å². The second-order valence-corrected chi connectivity index (χ2v) is 5.28. The summed E-state index contributed by atoms with van der Waals surface area (Å²) in [6.07, 6.45) is 1.98. The Labute approximate surface area is 116 Å². The first-order valence-corrected chi connectivity index (χ1v) is 7.12. The summed E-state index contributed by atoms with van der Waals surface area (Å²) in [4.78, 5) is 13.8. The Balaban J connectivity index is 2.10. The second kappa shape index (κ2) is 6.30. The van der Waals surface area contributed by atoms with Crippen LogP contribution in [0.2, 0.25) is 0 Å². The van der Waals surface area contributed by atoms with Crippen LogP contribution in [0.3, 0.4) is 0 Å². The van der Waals surface area contributed by atoms with Crippen LogP contribution in [0.4, 0.5) is 5.95 Å². The van der Waals surface area contributed by atoms with Crippen LogP contribution in [0.25, 0.3) is 0 Å². The molecule has 0 aromatic carbocycles. The summed E-state index contributed by atoms with van der Waals surface area (Å²) in [7, 11) is 2.16. The zero-order valence-corrected chi connectivity index (χ0v) is 12.5. The van der Waals surface area contributed by atoms with Gasteiger partial charge in [0.2, 0.25) is 5.95 Å². The van der Waals surface area contributed by atoms with Crippen LogP contribution < -0.4 is 10.2 Å². The van der Waals surface area contributed by atoms with Gasteiger partial charge in [0.25, 0.3) is 0 Å². The van der Waals surface area contributed by atoms with Gasteiger partial charge in [-0.2, -0.15) is 0 Å². The second-order valence-electron chi connectivity index (χ2n) is 5.28. The molecule has 106 valence electrons. The molecule has 2 rings (SSSR count). The molecule has 1 aromatic rings. The first-order valence-electron chi connectivity index (χ1n) is 7.12. The Morgan fingerprint density at radius 2 is 2.00 bits per heavy atom. The van der Waals surface area contributed by atoms with Gasteiger partial charge in [-0.1, -0.05) is 6.92 Å². The molecule has 1 N–H and O–H groups in total. The van der Waals surface area contributed by atoms with Gasteiger partial charge >= 0.3 is 0 Å². The molecule has 0 saturated carbocycles. The lowest BCUT2D eigenvalue weighted by Crippen LogP contribution is -2.45. The van der Waals surface area contributed by atoms with E-state index in [0.717, 1.165) is 44.4 Å². The van der Waals surface area contributed by atoms with E-state index in [2.05, 4.69) is 52.9 Å². The molecule has 0 spiro atoms. The molecule has 0 radical (unpaired) electrons. The van der Waals surface area contributed by atoms with Gasteiger partial charge in [0.1, 0.15) is 0 Å². The number of rotatable bonds is 4. The van der Waals surface area contributed by atoms with Crippen molar-refractivity contribution >= 4 is 5.95 Å². The van der Waals surface area contributed by atoms with Crippen molar-refractivity contribution < 1.29 is 0 Å². The largest absolute Gasteiger partial charge is 0.338 e. The maximum atomic E-state index is 4.68. The van der Waals surface area contributed by atoms with Gasteiger partial charge in [-0.3, -0.25) is 0 Å². The molecule has 1 aliphatic rings. The lowest BCUT2D eigenvalue weighted by atomic mass is 10.1. The maximum absolute atomic E-state index is 4.68. The van der Waals surface area contributed by atoms with E-state index in [1.54, 1.807) is 0 Å². The van der Waals surface area contributed by atoms with Crippen molar-refractivity contribution in [3.63, 3.8) is 0 Å². The number of nitrogens with one attached hydrogen (secondary N) is 1. The number of piperazine rings is 1. The van der Waals surface area contributed by atoms with E-state index in [1.165, 1.54) is 5.56 Å². The van der Waals surface area contributed by atoms with Crippen molar-refractivity contribution in [2.45, 2.75) is 26.8 Å². The molecule has 1 aliphatic heterocycles. The van der Waals surface area contributed by atoms with E-state index in [9.17, 15) is 0 Å². The van der Waals surface area contributed by atoms with Crippen LogP contribution in [0.1, 0.15) is 31.1 Å². The van der Waals surface area contributed by atoms with Crippen LogP contribution in [-0.4, -0.2) is 54.6 Å². The Hall–Kier alpha value is -1.20. The van der Waals surface area contributed by atoms with Gasteiger partial charge in [-0.05, 0) is 27.4 Å². The Bertz CT molecular complexity index is 412. The molecule has 19 heavy (non-hydrogen) atoms. The van der Waals surface area contributed by atoms with E-state index in [-0.39, 0.29) is 0 Å². The van der Waals surface area contributed by atoms with Crippen LogP contribution in [0, 0.1) is 6.92 Å². The van der Waals surface area contributed by atoms with Crippen molar-refractivity contribution in [1.29, 1.82) is 0 Å². The van der Waals surface area contributed by atoms with E-state index in [0.29, 0.717) is 6.04 Å². The molecule has 0 aliphatic carbocycles. The predicted octanol–water partition coefficient (Wildman–Crippen LogP) is 1.21. The highest BCUT2D eigenvalue weighted by Crippen LogP contribution is 2.18. The molecule has 0 amide bonds. The molecule has 5 heteroatoms. The van der Waals surface area contributed by atoms with E-state index in [4.69, 9.17) is 0 Å². The van der Waals surface area contributed by atoms with Crippen LogP contribution >= 0.6 is 0 Å². The minimum Gasteiger partial charge on any atom is -0.338 e. The third kappa shape index (κ3) is 3.42. The Morgan fingerprint density at radius 3 is 2.58 bits per heavy atom. The maximum Gasteiger partial charge on any atom is 0.225 e. The fraction of sp³-hybridized carbons (Fsp3) is 0.714. The normalized spacial score (nSPS) is 18.6. The van der Waals surface area contributed by atoms with Crippen molar-refractivity contribution in [1.82, 2.24) is 20.2 Å². The van der Waals surface area contributed by atoms with Crippen molar-refractivity contribution in [3.8, 4) is 0 Å². The molecule has 1 aromatic heterocycles. The number of hydrogen-bond acceptors (Lipinski definition) is 5. The highest BCUT2D eigenvalue weighted by molar-refractivity contribution is 5.34. The Morgan fingerprint density at radius 1 is 1.32 bits per heavy atom. The quantitative estimate of drug-likeness (QED) is 0.884. The van der Waals surface area contributed by atoms with E-state index >= 15 is 0 Å². The fourth-order valence-electron chi connectivity index (χ4n) is 2.46. The zero-order chi connectivity index (χ0) is 13.8. The number of anilines is 1. The lowest BCUT2D eigenvalue weighted by molar-refractivity contribution is 0.311. The number of hydrogen-bond donors (Lipinski definition) is 1. The van der Waals surface area contributed by atoms with Gasteiger partial charge in [0.05, 0.1) is 0 Å². The molecule has 5 nitrogen and oxygen atoms in total. The monoisotopic (exact) mass is 263 g/mol. The fourth-order valence-corrected chi connectivity index (χ4v) is 2.46. The predicted molar refractivity (Wildman–Crippen MR) is 78.6 cm³/mol. The lowest BCUT2D eigenvalue weighted by Gasteiger charge is -2.32. The molecule has 0 bridgehead atoms. The van der Waals surface area contributed by atoms with Gasteiger partial charge in [-0.25, -0.2) is 9.97 Å². The first-order chi connectivity index (χ1) is 9.11. The average Bonchev–Trinajstić information content (AvgIpc) is 2.39. The van der Waals surface area contributed by atoms with E-state index in [1.807, 2.05) is 6.20 Å². The summed E-state index contributed by atoms with van der Waals surface area (Å²) in [5.74, 6) is 0.873. The third-order valence-electron chi connectivity index (χ3n) is 3.77. The SMILES string of the molecule is CCNC(C)c1cnc(N2CCN(C)CC2)nc1C. The van der Waals surface area contributed by atoms with Gasteiger partial charge in [0.15, 0.2) is 0 Å². The number of aromatic nitrogens is 2. The Kier molecular flexibility index (Phi) is 4.71. The smallest absolute Gasteiger partial charge is 0.225 e. The van der Waals surface area contributed by atoms with Gasteiger partial charge < -0.3 is 15.1 Å². The van der Waals surface area contributed by atoms with Gasteiger partial charge in [0, 0.05) is 49.7 Å². The average molecular weight is 263 g/mol. The number of likely N-dealkylation sites (N-methyl/N-ethyl adjacent to an activating group) is 1. The standard InChI is InChI=1S/C14H25N5/c1-5-15-11(2)13-10-16-14(17-12(13)3)19-8-6-18(4)7-9-19/h10-11,15H,5-9H2,1-4H3. The molecule has 1 unspecified atom stereocenters. The van der Waals surface area contributed by atoms with Crippen LogP contribution in [0.5, 0.6) is 0 Å². The topological polar surface area (TPSA) is 44.3 Å². The van der Waals surface area contributed by atoms with Crippen LogP contribution in [-0.2, 0) is 0 Å². The molecule has 1 atom stereocenters. The summed E-state index contributed by atoms with van der Waals surface area (Å²) >= 11 is 0. The molecule has 2 heterocycles. The minimum atomic E-state index is 0.312. The van der Waals surface area contributed by atoms with Crippen molar-refractivity contribution in [2.24, 2.45) is 0 Å². The highest BCUT2D eigenvalue weighted by atomic mass is 15.3. The van der Waals surface area contributed by atoms with Crippen molar-refractivity contribution in [3.05, 3.63) is 17.5 Å². The zero-order valence-electron chi connectivity index (χ0n) is 12.5. The van der Waals surface area contributed by atoms with Crippen molar-refractivity contribution in [2.75, 3.05) is 44.7 Å². The summed E-state index contributed by atoms with van der Waals surface area (Å²) < 4.78 is 0. The summed E-state index contributed by atoms with van der Waals surface area (Å²) in [6, 6.07) is 0.312. The summed E-state index contributed by atoms with van der Waals surface area (Å²) in [6.45, 7) is 11.5. The molecular weight excluding hydrogens is 238 g/mol. The highest BCUT2D eigenvalue weighted by Gasteiger charge is 2.18. The molecule has 1 saturated heterocycles. The van der Waals surface area contributed by atoms with Gasteiger partial charge in [-0.15, -0.1) is 0 Å². The molecule has 1 fully saturated rings. The number of aryl methyl sites for hydroxylation is 1. The summed E-state index contributed by atoms with van der Waals surface area (Å²) in [5, 5.41) is 3.41. The third-order valence-corrected chi connectivity index (χ3v) is 3.77. The number of nitrogens with zero attached hydrogens (tertiary/aromatic N) is 4. The minimum absolute atomic E-state index is 0.312. The molecular formula is C14H25N5. The summed E-state index contributed by atoms with van der Waals surface area (Å²) in [5.41, 5.74) is 2.28.